The zero-order chi connectivity index (χ0) is 23.0. The van der Waals surface area contributed by atoms with E-state index in [1.807, 2.05) is 0 Å². The molecule has 0 spiro atoms. The fourth-order valence-corrected chi connectivity index (χ4v) is 3.47. The first-order valence-corrected chi connectivity index (χ1v) is 9.39. The van der Waals surface area contributed by atoms with E-state index in [1.54, 1.807) is 0 Å². The molecule has 0 aromatic rings. The maximum absolute atomic E-state index is 11.5. The van der Waals surface area contributed by atoms with Crippen LogP contribution in [0.15, 0.2) is 0 Å². The Labute approximate surface area is 174 Å². The Kier molecular flexibility index (Phi) is 7.80. The van der Waals surface area contributed by atoms with Gasteiger partial charge in [0, 0.05) is 0 Å². The van der Waals surface area contributed by atoms with Gasteiger partial charge in [-0.25, -0.2) is 4.79 Å². The molecule has 0 aromatic heterocycles. The number of rotatable bonds is 5. The average Bonchev–Trinajstić information content (AvgIpc) is 2.72. The molecule has 0 amide bonds. The van der Waals surface area contributed by atoms with Crippen LogP contribution in [0.25, 0.3) is 0 Å². The SMILES string of the molecule is O=C(O)[C@H]1O[C@@H](O[C@@H]2[C@@H](O)[C@@H](O)OC[C@H]2O)[C@H](O)[C@@H](O[C@H]2OC[C@@H](O)[C@H](O)[C@H]2O)[C@@H]1O. The van der Waals surface area contributed by atoms with Crippen LogP contribution in [0.1, 0.15) is 0 Å². The van der Waals surface area contributed by atoms with Crippen LogP contribution in [0, 0.1) is 0 Å². The van der Waals surface area contributed by atoms with Crippen molar-refractivity contribution >= 4 is 5.97 Å². The highest BCUT2D eigenvalue weighted by Crippen LogP contribution is 2.30. The summed E-state index contributed by atoms with van der Waals surface area (Å²) in [5.41, 5.74) is 0. The summed E-state index contributed by atoms with van der Waals surface area (Å²) in [5.74, 6) is -1.67. The second kappa shape index (κ2) is 9.84. The number of aliphatic hydroxyl groups excluding tert-OH is 8. The third-order valence-corrected chi connectivity index (χ3v) is 5.27. The molecule has 0 bridgehead atoms. The molecule has 3 aliphatic rings. The Balaban J connectivity index is 1.77. The van der Waals surface area contributed by atoms with Gasteiger partial charge < -0.3 is 69.6 Å². The Morgan fingerprint density at radius 1 is 0.677 bits per heavy atom. The minimum absolute atomic E-state index is 0.445. The largest absolute Gasteiger partial charge is 0.479 e. The van der Waals surface area contributed by atoms with Gasteiger partial charge >= 0.3 is 5.97 Å². The van der Waals surface area contributed by atoms with Gasteiger partial charge in [-0.2, -0.15) is 0 Å². The molecule has 15 nitrogen and oxygen atoms in total. The molecule has 180 valence electrons. The summed E-state index contributed by atoms with van der Waals surface area (Å²) in [5, 5.41) is 89.0. The van der Waals surface area contributed by atoms with Gasteiger partial charge in [0.15, 0.2) is 25.0 Å². The number of carboxylic acids is 1. The number of aliphatic hydroxyl groups is 8. The van der Waals surface area contributed by atoms with Crippen LogP contribution in [-0.4, -0.2) is 145 Å². The van der Waals surface area contributed by atoms with Gasteiger partial charge in [-0.3, -0.25) is 0 Å². The highest BCUT2D eigenvalue weighted by molar-refractivity contribution is 5.73. The van der Waals surface area contributed by atoms with Gasteiger partial charge in [0.2, 0.25) is 0 Å². The highest BCUT2D eigenvalue weighted by Gasteiger charge is 2.53. The molecule has 0 radical (unpaired) electrons. The second-order valence-corrected chi connectivity index (χ2v) is 7.48. The fraction of sp³-hybridized carbons (Fsp3) is 0.938. The summed E-state index contributed by atoms with van der Waals surface area (Å²) in [6.45, 7) is -0.905. The normalized spacial score (nSPS) is 51.4. The summed E-state index contributed by atoms with van der Waals surface area (Å²) in [6.07, 6.45) is -22.8. The maximum atomic E-state index is 11.5. The highest BCUT2D eigenvalue weighted by atomic mass is 16.7. The van der Waals surface area contributed by atoms with Crippen molar-refractivity contribution in [2.45, 2.75) is 79.9 Å². The number of hydrogen-bond acceptors (Lipinski definition) is 14. The molecule has 3 fully saturated rings. The third kappa shape index (κ3) is 4.98. The van der Waals surface area contributed by atoms with Crippen molar-refractivity contribution in [3.8, 4) is 0 Å². The van der Waals surface area contributed by atoms with E-state index in [4.69, 9.17) is 23.7 Å². The molecule has 13 atom stereocenters. The standard InChI is InChI=1S/C16H26O15/c17-3-1-28-15(6(20)5(3)19)30-11-7(21)12(13(24)25)31-16(9(11)23)29-10-4(18)2-27-14(26)8(10)22/h3-12,14-23,26H,1-2H2,(H,24,25)/t3-,4-,5+,6-,7+,8-,9-,10+,11+,12+,14+,15-,16-/m1/s1. The molecule has 3 saturated heterocycles. The summed E-state index contributed by atoms with van der Waals surface area (Å²) in [4.78, 5) is 11.5. The van der Waals surface area contributed by atoms with Crippen molar-refractivity contribution in [1.29, 1.82) is 0 Å². The van der Waals surface area contributed by atoms with Gasteiger partial charge in [0.05, 0.1) is 13.2 Å². The second-order valence-electron chi connectivity index (χ2n) is 7.48. The van der Waals surface area contributed by atoms with Crippen molar-refractivity contribution in [2.24, 2.45) is 0 Å². The van der Waals surface area contributed by atoms with Crippen LogP contribution in [-0.2, 0) is 28.5 Å². The maximum Gasteiger partial charge on any atom is 0.335 e. The van der Waals surface area contributed by atoms with Gasteiger partial charge in [-0.15, -0.1) is 0 Å². The lowest BCUT2D eigenvalue weighted by atomic mass is 9.97. The first kappa shape index (κ1) is 24.6. The number of carboxylic acid groups (broad SMARTS) is 1. The van der Waals surface area contributed by atoms with Crippen molar-refractivity contribution in [3.05, 3.63) is 0 Å². The van der Waals surface area contributed by atoms with E-state index in [-0.39, 0.29) is 0 Å². The predicted octanol–water partition coefficient (Wildman–Crippen LogP) is -6.20. The minimum atomic E-state index is -2.01. The smallest absolute Gasteiger partial charge is 0.335 e. The van der Waals surface area contributed by atoms with Crippen LogP contribution in [0.4, 0.5) is 0 Å². The molecule has 0 unspecified atom stereocenters. The molecule has 15 heteroatoms. The number of aliphatic carboxylic acids is 1. The van der Waals surface area contributed by atoms with E-state index >= 15 is 0 Å². The van der Waals surface area contributed by atoms with E-state index in [2.05, 4.69) is 0 Å². The molecule has 9 N–H and O–H groups in total. The zero-order valence-electron chi connectivity index (χ0n) is 15.9. The Morgan fingerprint density at radius 3 is 1.94 bits per heavy atom. The molecule has 31 heavy (non-hydrogen) atoms. The van der Waals surface area contributed by atoms with Crippen molar-refractivity contribution < 1.29 is 74.4 Å². The molecule has 3 aliphatic heterocycles. The molecule has 3 rings (SSSR count). The fourth-order valence-electron chi connectivity index (χ4n) is 3.47. The minimum Gasteiger partial charge on any atom is -0.479 e. The zero-order valence-corrected chi connectivity index (χ0v) is 15.9. The Morgan fingerprint density at radius 2 is 1.29 bits per heavy atom. The number of carbonyl (C=O) groups is 1. The predicted molar refractivity (Wildman–Crippen MR) is 89.8 cm³/mol. The lowest BCUT2D eigenvalue weighted by Crippen LogP contribution is -2.65. The monoisotopic (exact) mass is 458 g/mol. The molecule has 0 aromatic carbocycles. The van der Waals surface area contributed by atoms with Gasteiger partial charge in [0.1, 0.15) is 54.9 Å². The molecular formula is C16H26O15. The summed E-state index contributed by atoms with van der Waals surface area (Å²) >= 11 is 0. The van der Waals surface area contributed by atoms with E-state index in [9.17, 15) is 50.8 Å². The van der Waals surface area contributed by atoms with Crippen LogP contribution in [0.3, 0.4) is 0 Å². The van der Waals surface area contributed by atoms with Gasteiger partial charge in [-0.05, 0) is 0 Å². The lowest BCUT2D eigenvalue weighted by Gasteiger charge is -2.45. The first-order chi connectivity index (χ1) is 14.5. The first-order valence-electron chi connectivity index (χ1n) is 9.39. The summed E-state index contributed by atoms with van der Waals surface area (Å²) in [7, 11) is 0. The molecular weight excluding hydrogens is 432 g/mol. The van der Waals surface area contributed by atoms with Crippen molar-refractivity contribution in [1.82, 2.24) is 0 Å². The van der Waals surface area contributed by atoms with E-state index < -0.39 is 99.1 Å². The quantitative estimate of drug-likeness (QED) is 0.186. The number of ether oxygens (including phenoxy) is 5. The Hall–Kier alpha value is -1.05. The topological polar surface area (TPSA) is 245 Å². The lowest BCUT2D eigenvalue weighted by molar-refractivity contribution is -0.364. The summed E-state index contributed by atoms with van der Waals surface area (Å²) in [6, 6.07) is 0. The van der Waals surface area contributed by atoms with Gasteiger partial charge in [0.25, 0.3) is 0 Å². The molecule has 0 saturated carbocycles. The van der Waals surface area contributed by atoms with Crippen LogP contribution < -0.4 is 0 Å². The van der Waals surface area contributed by atoms with Gasteiger partial charge in [-0.1, -0.05) is 0 Å². The third-order valence-electron chi connectivity index (χ3n) is 5.27. The Bertz CT molecular complexity index is 620. The summed E-state index contributed by atoms with van der Waals surface area (Å²) < 4.78 is 25.4. The molecule has 3 heterocycles. The van der Waals surface area contributed by atoms with E-state index in [0.29, 0.717) is 0 Å². The van der Waals surface area contributed by atoms with Crippen LogP contribution in [0.2, 0.25) is 0 Å². The average molecular weight is 458 g/mol. The molecule has 0 aliphatic carbocycles. The van der Waals surface area contributed by atoms with E-state index in [1.165, 1.54) is 0 Å². The van der Waals surface area contributed by atoms with E-state index in [0.717, 1.165) is 0 Å². The number of hydrogen-bond donors (Lipinski definition) is 9. The van der Waals surface area contributed by atoms with Crippen molar-refractivity contribution in [3.63, 3.8) is 0 Å². The van der Waals surface area contributed by atoms with Crippen molar-refractivity contribution in [2.75, 3.05) is 13.2 Å². The van der Waals surface area contributed by atoms with Crippen LogP contribution in [0.5, 0.6) is 0 Å². The van der Waals surface area contributed by atoms with Crippen LogP contribution >= 0.6 is 0 Å².